The van der Waals surface area contributed by atoms with Crippen molar-refractivity contribution < 1.29 is 4.79 Å². The number of carbonyl (C=O) groups is 1. The zero-order chi connectivity index (χ0) is 15.4. The van der Waals surface area contributed by atoms with Gasteiger partial charge in [0.15, 0.2) is 0 Å². The number of thiophene rings is 1. The summed E-state index contributed by atoms with van der Waals surface area (Å²) in [5.41, 5.74) is 7.98. The van der Waals surface area contributed by atoms with Crippen LogP contribution >= 0.6 is 23.1 Å². The van der Waals surface area contributed by atoms with E-state index < -0.39 is 0 Å². The van der Waals surface area contributed by atoms with Crippen molar-refractivity contribution in [3.05, 3.63) is 40.3 Å². The van der Waals surface area contributed by atoms with Gasteiger partial charge in [-0.15, -0.1) is 23.1 Å². The van der Waals surface area contributed by atoms with Crippen LogP contribution in [0, 0.1) is 25.2 Å². The molecule has 4 nitrogen and oxygen atoms in total. The highest BCUT2D eigenvalue weighted by Crippen LogP contribution is 2.32. The number of anilines is 2. The van der Waals surface area contributed by atoms with Crippen molar-refractivity contribution in [3.63, 3.8) is 0 Å². The molecule has 3 N–H and O–H groups in total. The van der Waals surface area contributed by atoms with Crippen molar-refractivity contribution in [2.24, 2.45) is 0 Å². The van der Waals surface area contributed by atoms with Crippen molar-refractivity contribution in [2.45, 2.75) is 18.7 Å². The minimum absolute atomic E-state index is 0.138. The van der Waals surface area contributed by atoms with E-state index >= 15 is 0 Å². The first kappa shape index (κ1) is 15.4. The Morgan fingerprint density at radius 2 is 2.14 bits per heavy atom. The summed E-state index contributed by atoms with van der Waals surface area (Å²) in [5.74, 6) is 0.121. The van der Waals surface area contributed by atoms with Gasteiger partial charge < -0.3 is 11.1 Å². The minimum atomic E-state index is -0.138. The first-order chi connectivity index (χ1) is 10.0. The second kappa shape index (κ2) is 6.66. The third-order valence-corrected chi connectivity index (χ3v) is 5.24. The molecule has 0 bridgehead atoms. The molecule has 1 aromatic heterocycles. The van der Waals surface area contributed by atoms with Crippen LogP contribution in [-0.2, 0) is 4.79 Å². The number of hydrogen-bond acceptors (Lipinski definition) is 5. The van der Waals surface area contributed by atoms with Gasteiger partial charge in [-0.3, -0.25) is 4.79 Å². The topological polar surface area (TPSA) is 78.9 Å². The molecular weight excluding hydrogens is 302 g/mol. The van der Waals surface area contributed by atoms with Crippen molar-refractivity contribution in [2.75, 3.05) is 16.8 Å². The van der Waals surface area contributed by atoms with Gasteiger partial charge in [0.25, 0.3) is 0 Å². The Morgan fingerprint density at radius 1 is 1.43 bits per heavy atom. The molecular formula is C15H15N3OS2. The monoisotopic (exact) mass is 317 g/mol. The Hall–Kier alpha value is -1.97. The van der Waals surface area contributed by atoms with Crippen molar-refractivity contribution in [1.82, 2.24) is 0 Å². The van der Waals surface area contributed by atoms with E-state index in [0.717, 1.165) is 15.3 Å². The van der Waals surface area contributed by atoms with E-state index in [2.05, 4.69) is 11.4 Å². The van der Waals surface area contributed by atoms with Crippen molar-refractivity contribution in [3.8, 4) is 6.07 Å². The fraction of sp³-hybridized carbons (Fsp3) is 0.200. The number of aryl methyl sites for hydroxylation is 1. The first-order valence-corrected chi connectivity index (χ1v) is 8.10. The van der Waals surface area contributed by atoms with E-state index in [1.54, 1.807) is 6.07 Å². The fourth-order valence-corrected chi connectivity index (χ4v) is 3.56. The van der Waals surface area contributed by atoms with Gasteiger partial charge in [-0.2, -0.15) is 5.26 Å². The Bertz CT molecular complexity index is 716. The third-order valence-electron chi connectivity index (χ3n) is 3.03. The number of para-hydroxylation sites is 1. The molecule has 0 radical (unpaired) electrons. The molecule has 0 aliphatic rings. The summed E-state index contributed by atoms with van der Waals surface area (Å²) in [4.78, 5) is 13.9. The van der Waals surface area contributed by atoms with Crippen LogP contribution < -0.4 is 11.1 Å². The van der Waals surface area contributed by atoms with Gasteiger partial charge in [-0.1, -0.05) is 12.1 Å². The number of carbonyl (C=O) groups excluding carboxylic acids is 1. The van der Waals surface area contributed by atoms with Crippen LogP contribution in [0.5, 0.6) is 0 Å². The smallest absolute Gasteiger partial charge is 0.235 e. The molecule has 2 rings (SSSR count). The van der Waals surface area contributed by atoms with Gasteiger partial charge in [-0.25, -0.2) is 0 Å². The Balaban J connectivity index is 2.02. The van der Waals surface area contributed by atoms with Crippen LogP contribution in [0.15, 0.2) is 29.2 Å². The first-order valence-electron chi connectivity index (χ1n) is 6.30. The lowest BCUT2D eigenvalue weighted by Gasteiger charge is -2.05. The summed E-state index contributed by atoms with van der Waals surface area (Å²) >= 11 is 2.81. The Kier molecular flexibility index (Phi) is 4.89. The number of rotatable bonds is 4. The highest BCUT2D eigenvalue weighted by molar-refractivity contribution is 8.00. The molecule has 1 aromatic carbocycles. The molecule has 0 spiro atoms. The number of hydrogen-bond donors (Lipinski definition) is 2. The number of nitrogens with one attached hydrogen (secondary N) is 1. The summed E-state index contributed by atoms with van der Waals surface area (Å²) in [5, 5.41) is 12.6. The zero-order valence-corrected chi connectivity index (χ0v) is 13.4. The van der Waals surface area contributed by atoms with E-state index in [-0.39, 0.29) is 11.7 Å². The number of thioether (sulfide) groups is 1. The van der Waals surface area contributed by atoms with Gasteiger partial charge in [0.2, 0.25) is 5.91 Å². The second-order valence-corrected chi connectivity index (χ2v) is 6.72. The van der Waals surface area contributed by atoms with E-state index in [4.69, 9.17) is 11.0 Å². The summed E-state index contributed by atoms with van der Waals surface area (Å²) in [6, 6.07) is 9.57. The number of nitriles is 1. The molecule has 0 saturated heterocycles. The summed E-state index contributed by atoms with van der Waals surface area (Å²) in [6.07, 6.45) is 0. The molecule has 0 saturated carbocycles. The maximum atomic E-state index is 12.0. The van der Waals surface area contributed by atoms with Gasteiger partial charge in [0.1, 0.15) is 11.1 Å². The standard InChI is InChI=1S/C15H15N3OS2/c1-9-10(2)21-15(11(9)7-16)18-14(19)8-20-13-6-4-3-5-12(13)17/h3-6H,8,17H2,1-2H3,(H,18,19). The molecule has 1 heterocycles. The second-order valence-electron chi connectivity index (χ2n) is 4.47. The van der Waals surface area contributed by atoms with Crippen LogP contribution in [0.25, 0.3) is 0 Å². The maximum absolute atomic E-state index is 12.0. The molecule has 0 unspecified atom stereocenters. The number of nitrogens with zero attached hydrogens (tertiary/aromatic N) is 1. The molecule has 1 amide bonds. The predicted octanol–water partition coefficient (Wildman–Crippen LogP) is 3.55. The predicted molar refractivity (Wildman–Crippen MR) is 88.7 cm³/mol. The normalized spacial score (nSPS) is 10.1. The van der Waals surface area contributed by atoms with Gasteiger partial charge in [-0.05, 0) is 31.5 Å². The quantitative estimate of drug-likeness (QED) is 0.667. The molecule has 2 aromatic rings. The highest BCUT2D eigenvalue weighted by atomic mass is 32.2. The minimum Gasteiger partial charge on any atom is -0.398 e. The number of amides is 1. The van der Waals surface area contributed by atoms with E-state index in [1.165, 1.54) is 23.1 Å². The molecule has 0 fully saturated rings. The average Bonchev–Trinajstić information content (AvgIpc) is 2.72. The Morgan fingerprint density at radius 3 is 2.81 bits per heavy atom. The summed E-state index contributed by atoms with van der Waals surface area (Å²) < 4.78 is 0. The highest BCUT2D eigenvalue weighted by Gasteiger charge is 2.14. The lowest BCUT2D eigenvalue weighted by molar-refractivity contribution is -0.113. The summed E-state index contributed by atoms with van der Waals surface area (Å²) in [7, 11) is 0. The molecule has 0 aliphatic carbocycles. The number of nitrogen functional groups attached to an aromatic ring is 1. The molecule has 6 heteroatoms. The maximum Gasteiger partial charge on any atom is 0.235 e. The lowest BCUT2D eigenvalue weighted by atomic mass is 10.2. The van der Waals surface area contributed by atoms with Crippen LogP contribution in [-0.4, -0.2) is 11.7 Å². The zero-order valence-electron chi connectivity index (χ0n) is 11.8. The number of nitrogens with two attached hydrogens (primary N) is 1. The SMILES string of the molecule is Cc1sc(NC(=O)CSc2ccccc2N)c(C#N)c1C. The average molecular weight is 317 g/mol. The molecule has 108 valence electrons. The van der Waals surface area contributed by atoms with Crippen molar-refractivity contribution >= 4 is 39.7 Å². The Labute approximate surface area is 132 Å². The number of benzene rings is 1. The van der Waals surface area contributed by atoms with Crippen LogP contribution in [0.2, 0.25) is 0 Å². The van der Waals surface area contributed by atoms with E-state index in [1.807, 2.05) is 32.0 Å². The fourth-order valence-electron chi connectivity index (χ4n) is 1.77. The van der Waals surface area contributed by atoms with Crippen molar-refractivity contribution in [1.29, 1.82) is 5.26 Å². The largest absolute Gasteiger partial charge is 0.398 e. The van der Waals surface area contributed by atoms with Crippen LogP contribution in [0.1, 0.15) is 16.0 Å². The molecule has 0 atom stereocenters. The summed E-state index contributed by atoms with van der Waals surface area (Å²) in [6.45, 7) is 3.83. The lowest BCUT2D eigenvalue weighted by Crippen LogP contribution is -2.14. The molecule has 0 aliphatic heterocycles. The van der Waals surface area contributed by atoms with Crippen LogP contribution in [0.3, 0.4) is 0 Å². The van der Waals surface area contributed by atoms with E-state index in [9.17, 15) is 4.79 Å². The van der Waals surface area contributed by atoms with Gasteiger partial charge in [0.05, 0.1) is 11.3 Å². The molecule has 21 heavy (non-hydrogen) atoms. The van der Waals surface area contributed by atoms with Gasteiger partial charge in [0, 0.05) is 15.5 Å². The van der Waals surface area contributed by atoms with Gasteiger partial charge >= 0.3 is 0 Å². The third kappa shape index (κ3) is 3.57. The van der Waals surface area contributed by atoms with Crippen LogP contribution in [0.4, 0.5) is 10.7 Å². The van der Waals surface area contributed by atoms with E-state index in [0.29, 0.717) is 16.3 Å².